The van der Waals surface area contributed by atoms with E-state index in [1.54, 1.807) is 0 Å². The van der Waals surface area contributed by atoms with Crippen LogP contribution in [-0.4, -0.2) is 23.1 Å². The molecule has 4 nitrogen and oxygen atoms in total. The van der Waals surface area contributed by atoms with Gasteiger partial charge in [-0.2, -0.15) is 0 Å². The fourth-order valence-electron chi connectivity index (χ4n) is 2.69. The van der Waals surface area contributed by atoms with E-state index < -0.39 is 5.97 Å². The Morgan fingerprint density at radius 2 is 1.62 bits per heavy atom. The molecule has 0 aromatic rings. The monoisotopic (exact) mass is 340 g/mol. The van der Waals surface area contributed by atoms with Crippen LogP contribution in [0.15, 0.2) is 12.2 Å². The Balaban J connectivity index is 3.69. The Kier molecular flexibility index (Phi) is 15.6. The first-order valence-electron chi connectivity index (χ1n) is 9.60. The summed E-state index contributed by atoms with van der Waals surface area (Å²) in [5.74, 6) is -0.889. The summed E-state index contributed by atoms with van der Waals surface area (Å²) >= 11 is 0. The summed E-state index contributed by atoms with van der Waals surface area (Å²) in [6, 6.07) is 0. The highest BCUT2D eigenvalue weighted by atomic mass is 16.5. The van der Waals surface area contributed by atoms with Crippen molar-refractivity contribution in [2.45, 2.75) is 103 Å². The number of rotatable bonds is 16. The van der Waals surface area contributed by atoms with Crippen molar-refractivity contribution in [2.75, 3.05) is 0 Å². The first-order chi connectivity index (χ1) is 11.6. The molecular weight excluding hydrogens is 304 g/mol. The number of allylic oxidation sites excluding steroid dienone is 1. The Morgan fingerprint density at radius 3 is 2.29 bits per heavy atom. The molecule has 0 heterocycles. The molecule has 0 aliphatic heterocycles. The van der Waals surface area contributed by atoms with Crippen molar-refractivity contribution >= 4 is 11.9 Å². The van der Waals surface area contributed by atoms with Crippen LogP contribution in [0.4, 0.5) is 0 Å². The van der Waals surface area contributed by atoms with Gasteiger partial charge in [-0.05, 0) is 32.1 Å². The summed E-state index contributed by atoms with van der Waals surface area (Å²) in [5, 5.41) is 8.55. The zero-order chi connectivity index (χ0) is 18.0. The minimum Gasteiger partial charge on any atom is -0.481 e. The number of carbonyl (C=O) groups is 2. The molecule has 0 fully saturated rings. The van der Waals surface area contributed by atoms with Gasteiger partial charge in [0, 0.05) is 19.8 Å². The molecule has 0 amide bonds. The highest BCUT2D eigenvalue weighted by Gasteiger charge is 2.09. The lowest BCUT2D eigenvalue weighted by atomic mass is 10.1. The van der Waals surface area contributed by atoms with Crippen molar-refractivity contribution < 1.29 is 19.4 Å². The molecule has 0 bridgehead atoms. The van der Waals surface area contributed by atoms with E-state index >= 15 is 0 Å². The molecule has 0 rings (SSSR count). The lowest BCUT2D eigenvalue weighted by Crippen LogP contribution is -2.15. The fraction of sp³-hybridized carbons (Fsp3) is 0.800. The van der Waals surface area contributed by atoms with Crippen LogP contribution in [0.5, 0.6) is 0 Å². The van der Waals surface area contributed by atoms with Crippen LogP contribution in [0.25, 0.3) is 0 Å². The summed E-state index contributed by atoms with van der Waals surface area (Å²) < 4.78 is 5.38. The lowest BCUT2D eigenvalue weighted by molar-refractivity contribution is -0.146. The highest BCUT2D eigenvalue weighted by molar-refractivity contribution is 5.66. The Morgan fingerprint density at radius 1 is 0.958 bits per heavy atom. The number of ether oxygens (including phenoxy) is 1. The number of unbranched alkanes of at least 4 members (excludes halogenated alkanes) is 8. The van der Waals surface area contributed by atoms with E-state index in [-0.39, 0.29) is 18.5 Å². The first-order valence-corrected chi connectivity index (χ1v) is 9.60. The summed E-state index contributed by atoms with van der Waals surface area (Å²) in [4.78, 5) is 21.5. The van der Waals surface area contributed by atoms with Gasteiger partial charge in [-0.25, -0.2) is 0 Å². The quantitative estimate of drug-likeness (QED) is 0.224. The maximum Gasteiger partial charge on any atom is 0.303 e. The third kappa shape index (κ3) is 17.0. The molecule has 1 atom stereocenters. The van der Waals surface area contributed by atoms with Crippen molar-refractivity contribution in [2.24, 2.45) is 0 Å². The van der Waals surface area contributed by atoms with E-state index in [0.29, 0.717) is 0 Å². The number of hydrogen-bond donors (Lipinski definition) is 1. The summed E-state index contributed by atoms with van der Waals surface area (Å²) in [5.41, 5.74) is 0. The van der Waals surface area contributed by atoms with Crippen LogP contribution in [-0.2, 0) is 14.3 Å². The predicted molar refractivity (Wildman–Crippen MR) is 98.0 cm³/mol. The van der Waals surface area contributed by atoms with E-state index in [4.69, 9.17) is 9.84 Å². The Hall–Kier alpha value is -1.32. The van der Waals surface area contributed by atoms with Gasteiger partial charge in [-0.1, -0.05) is 57.6 Å². The maximum absolute atomic E-state index is 11.2. The van der Waals surface area contributed by atoms with Crippen molar-refractivity contribution in [3.63, 3.8) is 0 Å². The van der Waals surface area contributed by atoms with Crippen molar-refractivity contribution in [1.82, 2.24) is 0 Å². The van der Waals surface area contributed by atoms with Crippen LogP contribution in [0, 0.1) is 0 Å². The van der Waals surface area contributed by atoms with Gasteiger partial charge in [0.15, 0.2) is 0 Å². The molecule has 0 saturated heterocycles. The van der Waals surface area contributed by atoms with Crippen LogP contribution < -0.4 is 0 Å². The molecule has 0 aromatic carbocycles. The smallest absolute Gasteiger partial charge is 0.303 e. The van der Waals surface area contributed by atoms with Crippen LogP contribution >= 0.6 is 0 Å². The molecule has 24 heavy (non-hydrogen) atoms. The normalized spacial score (nSPS) is 12.4. The standard InChI is InChI=1S/C20H36O4/c1-3-4-5-12-15-19(24-18(2)21)16-13-10-8-6-7-9-11-14-17-20(22)23/h10,13,19H,3-9,11-12,14-17H2,1-2H3,(H,22,23)/b13-10-/t19-/m1/s1. The van der Waals surface area contributed by atoms with Gasteiger partial charge in [0.25, 0.3) is 0 Å². The molecule has 0 saturated carbocycles. The molecule has 0 radical (unpaired) electrons. The van der Waals surface area contributed by atoms with Gasteiger partial charge >= 0.3 is 11.9 Å². The Bertz CT molecular complexity index is 350. The lowest BCUT2D eigenvalue weighted by Gasteiger charge is -2.15. The number of carboxylic acids is 1. The summed E-state index contributed by atoms with van der Waals surface area (Å²) in [6.07, 6.45) is 17.4. The minimum absolute atomic E-state index is 0.0200. The van der Waals surface area contributed by atoms with Crippen LogP contribution in [0.2, 0.25) is 0 Å². The largest absolute Gasteiger partial charge is 0.481 e. The minimum atomic E-state index is -0.699. The number of carboxylic acid groups (broad SMARTS) is 1. The van der Waals surface area contributed by atoms with E-state index in [9.17, 15) is 9.59 Å². The molecule has 0 aliphatic rings. The average Bonchev–Trinajstić information content (AvgIpc) is 2.52. The zero-order valence-corrected chi connectivity index (χ0v) is 15.6. The summed E-state index contributed by atoms with van der Waals surface area (Å²) in [7, 11) is 0. The van der Waals surface area contributed by atoms with Crippen LogP contribution in [0.1, 0.15) is 97.3 Å². The Labute approximate surface area is 147 Å². The predicted octanol–water partition coefficient (Wildman–Crippen LogP) is 5.65. The van der Waals surface area contributed by atoms with Gasteiger partial charge in [0.2, 0.25) is 0 Å². The highest BCUT2D eigenvalue weighted by Crippen LogP contribution is 2.13. The molecule has 0 aliphatic carbocycles. The van der Waals surface area contributed by atoms with E-state index in [0.717, 1.165) is 57.8 Å². The second-order valence-electron chi connectivity index (χ2n) is 6.49. The van der Waals surface area contributed by atoms with Crippen molar-refractivity contribution in [1.29, 1.82) is 0 Å². The topological polar surface area (TPSA) is 63.6 Å². The third-order valence-corrected chi connectivity index (χ3v) is 4.04. The number of carbonyl (C=O) groups excluding carboxylic acids is 1. The molecule has 0 spiro atoms. The third-order valence-electron chi connectivity index (χ3n) is 4.04. The maximum atomic E-state index is 11.2. The van der Waals surface area contributed by atoms with Crippen molar-refractivity contribution in [3.8, 4) is 0 Å². The second kappa shape index (κ2) is 16.5. The molecule has 0 unspecified atom stereocenters. The first kappa shape index (κ1) is 22.7. The van der Waals surface area contributed by atoms with E-state index in [1.165, 1.54) is 26.2 Å². The van der Waals surface area contributed by atoms with Gasteiger partial charge in [-0.3, -0.25) is 9.59 Å². The molecular formula is C20H36O4. The second-order valence-corrected chi connectivity index (χ2v) is 6.49. The van der Waals surface area contributed by atoms with Gasteiger partial charge in [-0.15, -0.1) is 0 Å². The number of esters is 1. The SMILES string of the molecule is CCCCCC[C@H](C/C=C\CCCCCCCC(=O)O)OC(C)=O. The van der Waals surface area contributed by atoms with Gasteiger partial charge in [0.05, 0.1) is 0 Å². The average molecular weight is 341 g/mol. The number of aliphatic carboxylic acids is 1. The molecule has 140 valence electrons. The zero-order valence-electron chi connectivity index (χ0n) is 15.6. The van der Waals surface area contributed by atoms with Gasteiger partial charge < -0.3 is 9.84 Å². The van der Waals surface area contributed by atoms with E-state index in [2.05, 4.69) is 19.1 Å². The molecule has 0 aromatic heterocycles. The molecule has 1 N–H and O–H groups in total. The summed E-state index contributed by atoms with van der Waals surface area (Å²) in [6.45, 7) is 3.67. The van der Waals surface area contributed by atoms with Crippen molar-refractivity contribution in [3.05, 3.63) is 12.2 Å². The van der Waals surface area contributed by atoms with Gasteiger partial charge in [0.1, 0.15) is 6.10 Å². The number of hydrogen-bond acceptors (Lipinski definition) is 3. The molecule has 4 heteroatoms. The van der Waals surface area contributed by atoms with E-state index in [1.807, 2.05) is 0 Å². The van der Waals surface area contributed by atoms with Crippen LogP contribution in [0.3, 0.4) is 0 Å². The fourth-order valence-corrected chi connectivity index (χ4v) is 2.69.